The molecule has 198 valence electrons. The molecule has 10 heteroatoms. The van der Waals surface area contributed by atoms with E-state index >= 15 is 0 Å². The molecule has 0 aliphatic heterocycles. The third-order valence-corrected chi connectivity index (χ3v) is 7.76. The van der Waals surface area contributed by atoms with Crippen LogP contribution < -0.4 is 14.5 Å². The minimum Gasteiger partial charge on any atom is -0.423 e. The fraction of sp³-hybridized carbons (Fsp3) is 0.0690. The highest BCUT2D eigenvalue weighted by atomic mass is 35.5. The van der Waals surface area contributed by atoms with Crippen molar-refractivity contribution >= 4 is 45.4 Å². The number of nitrogens with zero attached hydrogens (tertiary/aromatic N) is 2. The zero-order valence-corrected chi connectivity index (χ0v) is 22.4. The van der Waals surface area contributed by atoms with Crippen LogP contribution in [-0.2, 0) is 14.8 Å². The highest BCUT2D eigenvalue weighted by Gasteiger charge is 2.27. The van der Waals surface area contributed by atoms with Crippen molar-refractivity contribution in [2.45, 2.75) is 11.8 Å². The van der Waals surface area contributed by atoms with Gasteiger partial charge in [0.1, 0.15) is 12.3 Å². The molecular weight excluding hydrogens is 538 g/mol. The average Bonchev–Trinajstić information content (AvgIpc) is 2.95. The molecule has 0 fully saturated rings. The first-order valence-electron chi connectivity index (χ1n) is 11.8. The number of halogens is 1. The third-order valence-electron chi connectivity index (χ3n) is 5.56. The van der Waals surface area contributed by atoms with Crippen LogP contribution in [0, 0.1) is 6.92 Å². The summed E-state index contributed by atoms with van der Waals surface area (Å²) in [7, 11) is -4.07. The number of benzene rings is 4. The lowest BCUT2D eigenvalue weighted by atomic mass is 10.2. The number of ether oxygens (including phenoxy) is 1. The zero-order valence-electron chi connectivity index (χ0n) is 20.8. The van der Waals surface area contributed by atoms with Crippen molar-refractivity contribution in [3.8, 4) is 5.75 Å². The van der Waals surface area contributed by atoms with Crippen LogP contribution in [-0.4, -0.2) is 33.1 Å². The Morgan fingerprint density at radius 2 is 1.56 bits per heavy atom. The molecule has 8 nitrogen and oxygen atoms in total. The van der Waals surface area contributed by atoms with Gasteiger partial charge >= 0.3 is 5.97 Å². The number of hydrazone groups is 1. The number of rotatable bonds is 9. The molecule has 0 spiro atoms. The summed E-state index contributed by atoms with van der Waals surface area (Å²) < 4.78 is 33.1. The fourth-order valence-electron chi connectivity index (χ4n) is 3.48. The molecule has 0 radical (unpaired) electrons. The van der Waals surface area contributed by atoms with Gasteiger partial charge in [-0.25, -0.2) is 18.6 Å². The van der Waals surface area contributed by atoms with Crippen molar-refractivity contribution in [3.63, 3.8) is 0 Å². The maximum absolute atomic E-state index is 13.4. The molecule has 1 amide bonds. The standard InChI is InChI=1S/C29H24ClN3O5S/c1-21-12-15-24(18-27(21)30)33(39(36,37)26-10-6-3-7-11-26)20-28(34)32-31-19-22-13-16-25(17-14-22)38-29(35)23-8-4-2-5-9-23/h2-19H,20H2,1H3,(H,32,34). The van der Waals surface area contributed by atoms with Gasteiger partial charge < -0.3 is 4.74 Å². The number of amides is 1. The molecule has 39 heavy (non-hydrogen) atoms. The van der Waals surface area contributed by atoms with Gasteiger partial charge in [0.05, 0.1) is 22.4 Å². The number of carbonyl (C=O) groups excluding carboxylic acids is 2. The van der Waals surface area contributed by atoms with Gasteiger partial charge in [0, 0.05) is 5.02 Å². The smallest absolute Gasteiger partial charge is 0.343 e. The Balaban J connectivity index is 1.43. The van der Waals surface area contributed by atoms with E-state index in [1.807, 2.05) is 6.07 Å². The number of carbonyl (C=O) groups is 2. The number of hydrogen-bond acceptors (Lipinski definition) is 6. The summed E-state index contributed by atoms with van der Waals surface area (Å²) in [5, 5.41) is 4.31. The lowest BCUT2D eigenvalue weighted by Crippen LogP contribution is -2.39. The molecule has 4 aromatic carbocycles. The monoisotopic (exact) mass is 561 g/mol. The first-order valence-corrected chi connectivity index (χ1v) is 13.6. The minimum atomic E-state index is -4.07. The summed E-state index contributed by atoms with van der Waals surface area (Å²) in [6, 6.07) is 27.7. The highest BCUT2D eigenvalue weighted by Crippen LogP contribution is 2.28. The predicted octanol–water partition coefficient (Wildman–Crippen LogP) is 5.21. The van der Waals surface area contributed by atoms with Crippen LogP contribution in [0.25, 0.3) is 0 Å². The third kappa shape index (κ3) is 7.10. The van der Waals surface area contributed by atoms with Crippen LogP contribution in [0.4, 0.5) is 5.69 Å². The van der Waals surface area contributed by atoms with Crippen LogP contribution in [0.3, 0.4) is 0 Å². The number of sulfonamides is 1. The van der Waals surface area contributed by atoms with E-state index in [1.54, 1.807) is 85.8 Å². The molecule has 0 saturated heterocycles. The Bertz CT molecular complexity index is 1590. The van der Waals surface area contributed by atoms with Gasteiger partial charge in [-0.05, 0) is 78.7 Å². The van der Waals surface area contributed by atoms with E-state index in [4.69, 9.17) is 16.3 Å². The SMILES string of the molecule is Cc1ccc(N(CC(=O)NN=Cc2ccc(OC(=O)c3ccccc3)cc2)S(=O)(=O)c2ccccc2)cc1Cl. The number of aryl methyl sites for hydroxylation is 1. The number of esters is 1. The molecule has 0 saturated carbocycles. The van der Waals surface area contributed by atoms with E-state index in [1.165, 1.54) is 24.4 Å². The Labute approximate surface area is 231 Å². The van der Waals surface area contributed by atoms with Gasteiger partial charge in [-0.3, -0.25) is 9.10 Å². The summed E-state index contributed by atoms with van der Waals surface area (Å²) >= 11 is 6.24. The van der Waals surface area contributed by atoms with Crippen molar-refractivity contribution in [2.75, 3.05) is 10.8 Å². The lowest BCUT2D eigenvalue weighted by molar-refractivity contribution is -0.119. The molecular formula is C29H24ClN3O5S. The van der Waals surface area contributed by atoms with E-state index in [2.05, 4.69) is 10.5 Å². The van der Waals surface area contributed by atoms with Crippen LogP contribution in [0.2, 0.25) is 5.02 Å². The molecule has 0 aliphatic carbocycles. The first kappa shape index (κ1) is 27.6. The van der Waals surface area contributed by atoms with Gasteiger partial charge in [0.2, 0.25) is 0 Å². The Hall–Kier alpha value is -4.47. The molecule has 0 aliphatic rings. The van der Waals surface area contributed by atoms with Crippen molar-refractivity contribution in [1.29, 1.82) is 0 Å². The number of anilines is 1. The van der Waals surface area contributed by atoms with E-state index < -0.39 is 28.4 Å². The first-order chi connectivity index (χ1) is 18.7. The van der Waals surface area contributed by atoms with Crippen LogP contribution >= 0.6 is 11.6 Å². The molecule has 0 heterocycles. The van der Waals surface area contributed by atoms with Crippen molar-refractivity contribution in [1.82, 2.24) is 5.43 Å². The molecule has 0 aromatic heterocycles. The Kier molecular flexibility index (Phi) is 8.75. The van der Waals surface area contributed by atoms with Gasteiger partial charge in [-0.1, -0.05) is 54.1 Å². The second-order valence-electron chi connectivity index (χ2n) is 8.38. The molecule has 1 N–H and O–H groups in total. The Morgan fingerprint density at radius 3 is 2.21 bits per heavy atom. The van der Waals surface area contributed by atoms with E-state index in [9.17, 15) is 18.0 Å². The summed E-state index contributed by atoms with van der Waals surface area (Å²) in [6.07, 6.45) is 1.39. The molecule has 0 unspecified atom stereocenters. The second kappa shape index (κ2) is 12.4. The predicted molar refractivity (Wildman–Crippen MR) is 151 cm³/mol. The molecule has 4 aromatic rings. The lowest BCUT2D eigenvalue weighted by Gasteiger charge is -2.24. The number of hydrogen-bond donors (Lipinski definition) is 1. The van der Waals surface area contributed by atoms with Gasteiger partial charge in [0.15, 0.2) is 0 Å². The second-order valence-corrected chi connectivity index (χ2v) is 10.6. The van der Waals surface area contributed by atoms with Gasteiger partial charge in [-0.15, -0.1) is 0 Å². The summed E-state index contributed by atoms with van der Waals surface area (Å²) in [5.41, 5.74) is 4.42. The van der Waals surface area contributed by atoms with Crippen LogP contribution in [0.5, 0.6) is 5.75 Å². The van der Waals surface area contributed by atoms with E-state index in [-0.39, 0.29) is 10.6 Å². The fourth-order valence-corrected chi connectivity index (χ4v) is 5.09. The Morgan fingerprint density at radius 1 is 0.923 bits per heavy atom. The maximum Gasteiger partial charge on any atom is 0.343 e. The van der Waals surface area contributed by atoms with E-state index in [0.29, 0.717) is 21.9 Å². The van der Waals surface area contributed by atoms with E-state index in [0.717, 1.165) is 9.87 Å². The topological polar surface area (TPSA) is 105 Å². The van der Waals surface area contributed by atoms with Crippen LogP contribution in [0.15, 0.2) is 113 Å². The minimum absolute atomic E-state index is 0.0334. The summed E-state index contributed by atoms with van der Waals surface area (Å²) in [5.74, 6) is -0.784. The van der Waals surface area contributed by atoms with Gasteiger partial charge in [-0.2, -0.15) is 5.10 Å². The van der Waals surface area contributed by atoms with Crippen molar-refractivity contribution < 1.29 is 22.7 Å². The number of nitrogens with one attached hydrogen (secondary N) is 1. The summed E-state index contributed by atoms with van der Waals surface area (Å²) in [4.78, 5) is 25.0. The summed E-state index contributed by atoms with van der Waals surface area (Å²) in [6.45, 7) is 1.27. The van der Waals surface area contributed by atoms with Crippen LogP contribution in [0.1, 0.15) is 21.5 Å². The average molecular weight is 562 g/mol. The van der Waals surface area contributed by atoms with Crippen molar-refractivity contribution in [3.05, 3.63) is 125 Å². The quantitative estimate of drug-likeness (QED) is 0.131. The molecule has 0 bridgehead atoms. The normalized spacial score (nSPS) is 11.2. The molecule has 0 atom stereocenters. The van der Waals surface area contributed by atoms with Crippen molar-refractivity contribution in [2.24, 2.45) is 5.10 Å². The molecule has 4 rings (SSSR count). The highest BCUT2D eigenvalue weighted by molar-refractivity contribution is 7.92. The zero-order chi connectivity index (χ0) is 27.8. The van der Waals surface area contributed by atoms with Gasteiger partial charge in [0.25, 0.3) is 15.9 Å². The largest absolute Gasteiger partial charge is 0.423 e. The maximum atomic E-state index is 13.4.